The average Bonchev–Trinajstić information content (AvgIpc) is 2.74. The summed E-state index contributed by atoms with van der Waals surface area (Å²) < 4.78 is 14.2. The van der Waals surface area contributed by atoms with Gasteiger partial charge < -0.3 is 9.88 Å². The maximum atomic E-state index is 14.2. The Morgan fingerprint density at radius 1 is 0.879 bits per heavy atom. The predicted octanol–water partition coefficient (Wildman–Crippen LogP) is 6.17. The number of aryl methyl sites for hydroxylation is 5. The van der Waals surface area contributed by atoms with Crippen molar-refractivity contribution < 1.29 is 18.9 Å². The number of unbranched alkanes of at least 4 members (excludes halogenated alkanes) is 1. The van der Waals surface area contributed by atoms with Gasteiger partial charge in [0.25, 0.3) is 0 Å². The van der Waals surface area contributed by atoms with E-state index in [1.54, 1.807) is 26.0 Å². The van der Waals surface area contributed by atoms with Crippen molar-refractivity contribution in [2.24, 2.45) is 0 Å². The zero-order chi connectivity index (χ0) is 24.9. The highest BCUT2D eigenvalue weighted by Crippen LogP contribution is 2.54. The van der Waals surface area contributed by atoms with E-state index in [1.807, 2.05) is 39.8 Å². The molecule has 0 fully saturated rings. The molecule has 0 saturated carbocycles. The largest absolute Gasteiger partial charge is 0.348 e. The van der Waals surface area contributed by atoms with Gasteiger partial charge in [-0.2, -0.15) is 0 Å². The second-order valence-electron chi connectivity index (χ2n) is 8.73. The number of nitrogens with one attached hydrogen (secondary N) is 1. The van der Waals surface area contributed by atoms with E-state index < -0.39 is 18.2 Å². The van der Waals surface area contributed by atoms with Crippen molar-refractivity contribution in [2.45, 2.75) is 60.9 Å². The van der Waals surface area contributed by atoms with Crippen LogP contribution >= 0.6 is 7.14 Å². The molecule has 0 aliphatic rings. The van der Waals surface area contributed by atoms with Gasteiger partial charge in [-0.15, -0.1) is 0 Å². The minimum absolute atomic E-state index is 0.0595. The van der Waals surface area contributed by atoms with Crippen LogP contribution in [-0.4, -0.2) is 23.1 Å². The summed E-state index contributed by atoms with van der Waals surface area (Å²) in [7, 11) is -3.90. The van der Waals surface area contributed by atoms with Gasteiger partial charge in [0.1, 0.15) is 0 Å². The molecule has 0 aromatic heterocycles. The maximum Gasteiger partial charge on any atom is 0.243 e. The van der Waals surface area contributed by atoms with Gasteiger partial charge in [-0.3, -0.25) is 14.4 Å². The molecular weight excluding hydrogens is 433 g/mol. The SMILES string of the molecule is C=CC(=O)NCc1cc(C)c(C(=O)P(=O)(CCCC)C(=O)c2c(C)cc(C)cc2C)c(C)c1. The Bertz CT molecular complexity index is 1120. The molecule has 5 nitrogen and oxygen atoms in total. The third-order valence-electron chi connectivity index (χ3n) is 5.83. The Balaban J connectivity index is 2.56. The Morgan fingerprint density at radius 2 is 1.33 bits per heavy atom. The predicted molar refractivity (Wildman–Crippen MR) is 135 cm³/mol. The van der Waals surface area contributed by atoms with Crippen molar-refractivity contribution in [1.82, 2.24) is 5.32 Å². The first kappa shape index (κ1) is 26.5. The molecule has 1 atom stereocenters. The Morgan fingerprint density at radius 3 is 1.76 bits per heavy atom. The molecule has 1 unspecified atom stereocenters. The lowest BCUT2D eigenvalue weighted by Gasteiger charge is -2.21. The van der Waals surface area contributed by atoms with Gasteiger partial charge in [-0.1, -0.05) is 49.8 Å². The highest BCUT2D eigenvalue weighted by molar-refractivity contribution is 7.95. The Kier molecular flexibility index (Phi) is 8.74. The first-order valence-electron chi connectivity index (χ1n) is 11.2. The quantitative estimate of drug-likeness (QED) is 0.334. The third kappa shape index (κ3) is 5.78. The number of rotatable bonds is 10. The van der Waals surface area contributed by atoms with Crippen LogP contribution < -0.4 is 5.32 Å². The summed E-state index contributed by atoms with van der Waals surface area (Å²) in [6, 6.07) is 7.36. The zero-order valence-electron chi connectivity index (χ0n) is 20.5. The van der Waals surface area contributed by atoms with E-state index in [0.717, 1.165) is 28.7 Å². The Hall–Kier alpha value is -2.78. The van der Waals surface area contributed by atoms with Crippen LogP contribution in [0, 0.1) is 34.6 Å². The van der Waals surface area contributed by atoms with Crippen molar-refractivity contribution in [3.63, 3.8) is 0 Å². The van der Waals surface area contributed by atoms with E-state index in [4.69, 9.17) is 0 Å². The summed E-state index contributed by atoms with van der Waals surface area (Å²) in [6.45, 7) is 14.8. The summed E-state index contributed by atoms with van der Waals surface area (Å²) in [5, 5.41) is 2.72. The zero-order valence-corrected chi connectivity index (χ0v) is 21.4. The fourth-order valence-electron chi connectivity index (χ4n) is 4.31. The molecule has 2 rings (SSSR count). The lowest BCUT2D eigenvalue weighted by Crippen LogP contribution is -2.21. The lowest BCUT2D eigenvalue weighted by molar-refractivity contribution is -0.116. The molecule has 0 aliphatic carbocycles. The average molecular weight is 468 g/mol. The summed E-state index contributed by atoms with van der Waals surface area (Å²) in [5.41, 5.74) is 4.21. The molecule has 176 valence electrons. The number of carbonyl (C=O) groups excluding carboxylic acids is 3. The second kappa shape index (κ2) is 10.9. The monoisotopic (exact) mass is 467 g/mol. The topological polar surface area (TPSA) is 80.3 Å². The van der Waals surface area contributed by atoms with Crippen LogP contribution in [-0.2, 0) is 15.9 Å². The van der Waals surface area contributed by atoms with Crippen LogP contribution in [0.15, 0.2) is 36.9 Å². The summed E-state index contributed by atoms with van der Waals surface area (Å²) >= 11 is 0. The van der Waals surface area contributed by atoms with Gasteiger partial charge >= 0.3 is 0 Å². The summed E-state index contributed by atoms with van der Waals surface area (Å²) in [5.74, 6) is -0.288. The third-order valence-corrected chi connectivity index (χ3v) is 8.54. The minimum atomic E-state index is -3.90. The molecule has 0 bridgehead atoms. The smallest absolute Gasteiger partial charge is 0.243 e. The molecule has 33 heavy (non-hydrogen) atoms. The van der Waals surface area contributed by atoms with Gasteiger partial charge in [0, 0.05) is 23.8 Å². The van der Waals surface area contributed by atoms with Crippen LogP contribution in [0.5, 0.6) is 0 Å². The molecule has 0 aliphatic heterocycles. The molecule has 2 aromatic rings. The Labute approximate surface area is 197 Å². The lowest BCUT2D eigenvalue weighted by atomic mass is 10.00. The van der Waals surface area contributed by atoms with E-state index in [-0.39, 0.29) is 18.6 Å². The van der Waals surface area contributed by atoms with Crippen molar-refractivity contribution in [3.8, 4) is 0 Å². The number of benzene rings is 2. The molecular formula is C27H34NO4P. The number of carbonyl (C=O) groups is 3. The second-order valence-corrected chi connectivity index (χ2v) is 11.5. The van der Waals surface area contributed by atoms with Gasteiger partial charge in [0.2, 0.25) is 24.1 Å². The van der Waals surface area contributed by atoms with Crippen LogP contribution in [0.4, 0.5) is 0 Å². The number of hydrogen-bond donors (Lipinski definition) is 1. The molecule has 2 aromatic carbocycles. The van der Waals surface area contributed by atoms with Crippen molar-refractivity contribution >= 4 is 24.1 Å². The van der Waals surface area contributed by atoms with Crippen LogP contribution in [0.1, 0.15) is 73.9 Å². The highest BCUT2D eigenvalue weighted by atomic mass is 31.2. The molecule has 6 heteroatoms. The van der Waals surface area contributed by atoms with E-state index in [9.17, 15) is 18.9 Å². The van der Waals surface area contributed by atoms with Crippen molar-refractivity contribution in [1.29, 1.82) is 0 Å². The van der Waals surface area contributed by atoms with E-state index >= 15 is 0 Å². The normalized spacial score (nSPS) is 12.7. The molecule has 0 spiro atoms. The van der Waals surface area contributed by atoms with Gasteiger partial charge in [-0.05, 0) is 74.9 Å². The first-order chi connectivity index (χ1) is 15.5. The van der Waals surface area contributed by atoms with Crippen LogP contribution in [0.3, 0.4) is 0 Å². The maximum absolute atomic E-state index is 14.2. The highest BCUT2D eigenvalue weighted by Gasteiger charge is 2.42. The first-order valence-corrected chi connectivity index (χ1v) is 13.1. The molecule has 0 radical (unpaired) electrons. The standard InChI is InChI=1S/C27H34NO4P/c1-8-10-11-33(32,26(30)24-18(4)12-17(3)13-19(24)5)27(31)25-20(6)14-22(15-21(25)7)16-28-23(29)9-2/h9,12-15H,2,8,10-11,16H2,1,3-7H3,(H,28,29). The summed E-state index contributed by atoms with van der Waals surface area (Å²) in [4.78, 5) is 39.0. The molecule has 1 N–H and O–H groups in total. The summed E-state index contributed by atoms with van der Waals surface area (Å²) in [6.07, 6.45) is 2.52. The van der Waals surface area contributed by atoms with Gasteiger partial charge in [0.05, 0.1) is 0 Å². The molecule has 0 saturated heterocycles. The van der Waals surface area contributed by atoms with Crippen LogP contribution in [0.25, 0.3) is 0 Å². The minimum Gasteiger partial charge on any atom is -0.348 e. The number of hydrogen-bond acceptors (Lipinski definition) is 4. The fraction of sp³-hybridized carbons (Fsp3) is 0.370. The van der Waals surface area contributed by atoms with E-state index in [1.165, 1.54) is 6.08 Å². The van der Waals surface area contributed by atoms with E-state index in [0.29, 0.717) is 28.7 Å². The van der Waals surface area contributed by atoms with Gasteiger partial charge in [0.15, 0.2) is 0 Å². The van der Waals surface area contributed by atoms with Crippen molar-refractivity contribution in [2.75, 3.05) is 6.16 Å². The fourth-order valence-corrected chi connectivity index (χ4v) is 7.09. The van der Waals surface area contributed by atoms with Crippen molar-refractivity contribution in [3.05, 3.63) is 81.4 Å². The van der Waals surface area contributed by atoms with E-state index in [2.05, 4.69) is 11.9 Å². The van der Waals surface area contributed by atoms with Crippen LogP contribution in [0.2, 0.25) is 0 Å². The van der Waals surface area contributed by atoms with Gasteiger partial charge in [-0.25, -0.2) is 0 Å². The number of amides is 1. The molecule has 0 heterocycles. The molecule has 1 amide bonds.